The average molecular weight is 406 g/mol. The number of aromatic nitrogens is 1. The van der Waals surface area contributed by atoms with Crippen molar-refractivity contribution >= 4 is 28.3 Å². The van der Waals surface area contributed by atoms with Crippen molar-refractivity contribution in [2.75, 3.05) is 11.9 Å². The predicted molar refractivity (Wildman–Crippen MR) is 115 cm³/mol. The van der Waals surface area contributed by atoms with Gasteiger partial charge in [0, 0.05) is 17.0 Å². The van der Waals surface area contributed by atoms with Crippen molar-refractivity contribution in [3.8, 4) is 0 Å². The summed E-state index contributed by atoms with van der Waals surface area (Å²) in [5.74, 6) is -0.372. The SMILES string of the molecule is O=C(Nc1nc2c(s1)CCC2C(=O)NCCCc1ccccc1)c1ccccc1. The van der Waals surface area contributed by atoms with E-state index in [4.69, 9.17) is 0 Å². The van der Waals surface area contributed by atoms with Crippen LogP contribution in [0.25, 0.3) is 0 Å². The first-order chi connectivity index (χ1) is 14.2. The summed E-state index contributed by atoms with van der Waals surface area (Å²) < 4.78 is 0. The van der Waals surface area contributed by atoms with Gasteiger partial charge in [-0.25, -0.2) is 4.98 Å². The van der Waals surface area contributed by atoms with Crippen molar-refractivity contribution in [1.29, 1.82) is 0 Å². The van der Waals surface area contributed by atoms with Gasteiger partial charge < -0.3 is 5.32 Å². The zero-order chi connectivity index (χ0) is 20.1. The largest absolute Gasteiger partial charge is 0.356 e. The second-order valence-corrected chi connectivity index (χ2v) is 8.20. The summed E-state index contributed by atoms with van der Waals surface area (Å²) in [7, 11) is 0. The molecule has 148 valence electrons. The maximum absolute atomic E-state index is 12.6. The zero-order valence-electron chi connectivity index (χ0n) is 16.1. The van der Waals surface area contributed by atoms with Gasteiger partial charge in [-0.15, -0.1) is 11.3 Å². The van der Waals surface area contributed by atoms with Crippen LogP contribution in [-0.2, 0) is 17.6 Å². The van der Waals surface area contributed by atoms with Gasteiger partial charge in [0.25, 0.3) is 5.91 Å². The molecule has 0 spiro atoms. The monoisotopic (exact) mass is 405 g/mol. The summed E-state index contributed by atoms with van der Waals surface area (Å²) in [6.45, 7) is 0.654. The van der Waals surface area contributed by atoms with Crippen molar-refractivity contribution in [2.45, 2.75) is 31.6 Å². The molecule has 4 rings (SSSR count). The number of nitrogens with one attached hydrogen (secondary N) is 2. The Morgan fingerprint density at radius 1 is 1.03 bits per heavy atom. The molecule has 3 aromatic rings. The van der Waals surface area contributed by atoms with Gasteiger partial charge in [-0.2, -0.15) is 0 Å². The van der Waals surface area contributed by atoms with Crippen LogP contribution in [0.5, 0.6) is 0 Å². The van der Waals surface area contributed by atoms with Crippen molar-refractivity contribution in [3.63, 3.8) is 0 Å². The predicted octanol–water partition coefficient (Wildman–Crippen LogP) is 4.17. The number of fused-ring (bicyclic) bond motifs is 1. The Balaban J connectivity index is 1.31. The number of anilines is 1. The molecule has 1 aromatic heterocycles. The third-order valence-corrected chi connectivity index (χ3v) is 6.12. The van der Waals surface area contributed by atoms with E-state index in [0.29, 0.717) is 17.2 Å². The minimum Gasteiger partial charge on any atom is -0.356 e. The second-order valence-electron chi connectivity index (χ2n) is 7.12. The summed E-state index contributed by atoms with van der Waals surface area (Å²) in [5.41, 5.74) is 2.69. The average Bonchev–Trinajstić information content (AvgIpc) is 3.32. The van der Waals surface area contributed by atoms with Gasteiger partial charge in [0.05, 0.1) is 11.6 Å². The molecule has 0 bridgehead atoms. The first kappa shape index (κ1) is 19.3. The van der Waals surface area contributed by atoms with Gasteiger partial charge in [0.2, 0.25) is 5.91 Å². The van der Waals surface area contributed by atoms with E-state index in [1.54, 1.807) is 12.1 Å². The molecule has 1 aliphatic rings. The molecule has 1 unspecified atom stereocenters. The molecule has 2 aromatic carbocycles. The third-order valence-electron chi connectivity index (χ3n) is 5.07. The highest BCUT2D eigenvalue weighted by Gasteiger charge is 2.32. The van der Waals surface area contributed by atoms with Gasteiger partial charge in [-0.1, -0.05) is 48.5 Å². The lowest BCUT2D eigenvalue weighted by Crippen LogP contribution is -2.29. The Hall–Kier alpha value is -2.99. The topological polar surface area (TPSA) is 71.1 Å². The molecule has 0 saturated carbocycles. The highest BCUT2D eigenvalue weighted by atomic mass is 32.1. The summed E-state index contributed by atoms with van der Waals surface area (Å²) in [6.07, 6.45) is 3.47. The highest BCUT2D eigenvalue weighted by molar-refractivity contribution is 7.16. The molecule has 0 aliphatic heterocycles. The molecule has 2 amide bonds. The highest BCUT2D eigenvalue weighted by Crippen LogP contribution is 2.38. The van der Waals surface area contributed by atoms with E-state index in [0.717, 1.165) is 36.3 Å². The number of thiazole rings is 1. The molecule has 6 heteroatoms. The van der Waals surface area contributed by atoms with Gasteiger partial charge in [-0.3, -0.25) is 14.9 Å². The molecule has 0 fully saturated rings. The number of amides is 2. The molecule has 5 nitrogen and oxygen atoms in total. The minimum atomic E-state index is -0.222. The van der Waals surface area contributed by atoms with Crippen LogP contribution < -0.4 is 10.6 Å². The molecular weight excluding hydrogens is 382 g/mol. The fourth-order valence-corrected chi connectivity index (χ4v) is 4.60. The van der Waals surface area contributed by atoms with E-state index in [1.165, 1.54) is 16.9 Å². The van der Waals surface area contributed by atoms with Crippen LogP contribution in [0.2, 0.25) is 0 Å². The smallest absolute Gasteiger partial charge is 0.257 e. The second kappa shape index (κ2) is 9.01. The Labute approximate surface area is 174 Å². The van der Waals surface area contributed by atoms with E-state index < -0.39 is 0 Å². The van der Waals surface area contributed by atoms with E-state index in [2.05, 4.69) is 27.8 Å². The van der Waals surface area contributed by atoms with Gasteiger partial charge in [0.1, 0.15) is 0 Å². The number of carbonyl (C=O) groups excluding carboxylic acids is 2. The summed E-state index contributed by atoms with van der Waals surface area (Å²) in [6, 6.07) is 19.3. The number of hydrogen-bond donors (Lipinski definition) is 2. The van der Waals surface area contributed by atoms with Crippen molar-refractivity contribution in [3.05, 3.63) is 82.4 Å². The molecule has 1 atom stereocenters. The molecule has 0 saturated heterocycles. The lowest BCUT2D eigenvalue weighted by atomic mass is 10.1. The summed E-state index contributed by atoms with van der Waals surface area (Å²) in [4.78, 5) is 30.6. The van der Waals surface area contributed by atoms with E-state index >= 15 is 0 Å². The Bertz CT molecular complexity index is 986. The maximum Gasteiger partial charge on any atom is 0.257 e. The van der Waals surface area contributed by atoms with E-state index in [1.807, 2.05) is 36.4 Å². The fraction of sp³-hybridized carbons (Fsp3) is 0.261. The Morgan fingerprint density at radius 3 is 2.52 bits per heavy atom. The quantitative estimate of drug-likeness (QED) is 0.580. The zero-order valence-corrected chi connectivity index (χ0v) is 16.9. The fourth-order valence-electron chi connectivity index (χ4n) is 3.57. The molecule has 2 N–H and O–H groups in total. The van der Waals surface area contributed by atoms with Gasteiger partial charge >= 0.3 is 0 Å². The number of nitrogens with zero attached hydrogens (tertiary/aromatic N) is 1. The number of benzene rings is 2. The van der Waals surface area contributed by atoms with Crippen LogP contribution in [0.4, 0.5) is 5.13 Å². The number of carbonyl (C=O) groups is 2. The molecule has 0 radical (unpaired) electrons. The van der Waals surface area contributed by atoms with Crippen LogP contribution in [0, 0.1) is 0 Å². The first-order valence-electron chi connectivity index (χ1n) is 9.88. The van der Waals surface area contributed by atoms with Gasteiger partial charge in [-0.05, 0) is 43.4 Å². The standard InChI is InChI=1S/C23H23N3O2S/c27-21(17-11-5-2-6-12-17)26-23-25-20-18(13-14-19(20)29-23)22(28)24-15-7-10-16-8-3-1-4-9-16/h1-6,8-9,11-12,18H,7,10,13-15H2,(H,24,28)(H,25,26,27). The Morgan fingerprint density at radius 2 is 1.76 bits per heavy atom. The minimum absolute atomic E-state index is 0.0306. The molecule has 1 aliphatic carbocycles. The lowest BCUT2D eigenvalue weighted by Gasteiger charge is -2.11. The number of hydrogen-bond acceptors (Lipinski definition) is 4. The van der Waals surface area contributed by atoms with E-state index in [-0.39, 0.29) is 17.7 Å². The number of aryl methyl sites for hydroxylation is 2. The first-order valence-corrected chi connectivity index (χ1v) is 10.7. The summed E-state index contributed by atoms with van der Waals surface area (Å²) in [5, 5.41) is 6.46. The van der Waals surface area contributed by atoms with Crippen LogP contribution in [0.3, 0.4) is 0 Å². The van der Waals surface area contributed by atoms with Crippen molar-refractivity contribution in [1.82, 2.24) is 10.3 Å². The third kappa shape index (κ3) is 4.71. The lowest BCUT2D eigenvalue weighted by molar-refractivity contribution is -0.122. The van der Waals surface area contributed by atoms with Crippen LogP contribution in [-0.4, -0.2) is 23.3 Å². The normalized spacial score (nSPS) is 15.0. The van der Waals surface area contributed by atoms with E-state index in [9.17, 15) is 9.59 Å². The van der Waals surface area contributed by atoms with Gasteiger partial charge in [0.15, 0.2) is 5.13 Å². The Kier molecular flexibility index (Phi) is 6.00. The summed E-state index contributed by atoms with van der Waals surface area (Å²) >= 11 is 1.47. The van der Waals surface area contributed by atoms with Crippen LogP contribution in [0.15, 0.2) is 60.7 Å². The maximum atomic E-state index is 12.6. The molecule has 1 heterocycles. The number of rotatable bonds is 7. The molecular formula is C23H23N3O2S. The van der Waals surface area contributed by atoms with Crippen LogP contribution in [0.1, 0.15) is 45.3 Å². The molecule has 29 heavy (non-hydrogen) atoms. The van der Waals surface area contributed by atoms with Crippen LogP contribution >= 0.6 is 11.3 Å². The van der Waals surface area contributed by atoms with Crippen molar-refractivity contribution in [2.24, 2.45) is 0 Å². The van der Waals surface area contributed by atoms with Crippen molar-refractivity contribution < 1.29 is 9.59 Å².